The molecule has 0 aliphatic carbocycles. The summed E-state index contributed by atoms with van der Waals surface area (Å²) >= 11 is 0. The molecular weight excluding hydrogens is 216 g/mol. The van der Waals surface area contributed by atoms with Crippen LogP contribution in [0, 0.1) is 0 Å². The van der Waals surface area contributed by atoms with Crippen molar-refractivity contribution in [3.8, 4) is 0 Å². The lowest BCUT2D eigenvalue weighted by atomic mass is 10.3. The third kappa shape index (κ3) is 2.35. The molecule has 1 amide bonds. The quantitative estimate of drug-likeness (QED) is 0.864. The number of carbonyl (C=O) groups is 1. The van der Waals surface area contributed by atoms with Crippen molar-refractivity contribution in [1.82, 2.24) is 9.88 Å². The molecule has 0 radical (unpaired) electrons. The fourth-order valence-electron chi connectivity index (χ4n) is 1.99. The highest BCUT2D eigenvalue weighted by atomic mass is 16.3. The van der Waals surface area contributed by atoms with Gasteiger partial charge in [0.05, 0.1) is 11.8 Å². The predicted octanol–water partition coefficient (Wildman–Crippen LogP) is 3.02. The van der Waals surface area contributed by atoms with Gasteiger partial charge in [0.1, 0.15) is 5.69 Å². The second-order valence-electron chi connectivity index (χ2n) is 4.17. The van der Waals surface area contributed by atoms with Crippen LogP contribution in [0.3, 0.4) is 0 Å². The van der Waals surface area contributed by atoms with Gasteiger partial charge in [-0.2, -0.15) is 0 Å². The lowest BCUT2D eigenvalue weighted by molar-refractivity contribution is 0.0750. The summed E-state index contributed by atoms with van der Waals surface area (Å²) in [6, 6.07) is 3.60. The van der Waals surface area contributed by atoms with Gasteiger partial charge in [-0.15, -0.1) is 0 Å². The summed E-state index contributed by atoms with van der Waals surface area (Å²) in [5, 5.41) is 0. The molecule has 0 fully saturated rings. The van der Waals surface area contributed by atoms with E-state index in [0.29, 0.717) is 5.69 Å². The number of carbonyl (C=O) groups excluding carboxylic acids is 1. The molecule has 0 aliphatic heterocycles. The summed E-state index contributed by atoms with van der Waals surface area (Å²) in [5.74, 6) is 0.0556. The number of fused-ring (bicyclic) bond motifs is 1. The molecule has 0 atom stereocenters. The summed E-state index contributed by atoms with van der Waals surface area (Å²) in [5.41, 5.74) is 2.23. The number of aromatic amines is 1. The summed E-state index contributed by atoms with van der Waals surface area (Å²) in [7, 11) is 0. The van der Waals surface area contributed by atoms with Crippen molar-refractivity contribution in [1.29, 1.82) is 0 Å². The van der Waals surface area contributed by atoms with Crippen LogP contribution in [0.2, 0.25) is 0 Å². The van der Waals surface area contributed by atoms with Crippen LogP contribution in [0.4, 0.5) is 0 Å². The monoisotopic (exact) mass is 234 g/mol. The highest BCUT2D eigenvalue weighted by molar-refractivity contribution is 5.96. The number of nitrogens with one attached hydrogen (secondary N) is 1. The van der Waals surface area contributed by atoms with Gasteiger partial charge in [0, 0.05) is 25.2 Å². The van der Waals surface area contributed by atoms with Gasteiger partial charge in [-0.1, -0.05) is 13.8 Å². The van der Waals surface area contributed by atoms with E-state index in [1.807, 2.05) is 11.0 Å². The van der Waals surface area contributed by atoms with E-state index in [4.69, 9.17) is 4.42 Å². The summed E-state index contributed by atoms with van der Waals surface area (Å²) in [6.07, 6.45) is 3.57. The highest BCUT2D eigenvalue weighted by Gasteiger charge is 2.17. The smallest absolute Gasteiger partial charge is 0.270 e. The second-order valence-corrected chi connectivity index (χ2v) is 4.17. The zero-order valence-electron chi connectivity index (χ0n) is 10.3. The van der Waals surface area contributed by atoms with E-state index in [2.05, 4.69) is 18.8 Å². The number of aromatic nitrogens is 1. The normalized spacial score (nSPS) is 10.9. The lowest BCUT2D eigenvalue weighted by Crippen LogP contribution is -2.32. The van der Waals surface area contributed by atoms with Gasteiger partial charge in [0.25, 0.3) is 5.91 Å². The molecule has 17 heavy (non-hydrogen) atoms. The summed E-state index contributed by atoms with van der Waals surface area (Å²) in [4.78, 5) is 17.2. The zero-order valence-corrected chi connectivity index (χ0v) is 10.3. The van der Waals surface area contributed by atoms with Gasteiger partial charge in [0.2, 0.25) is 0 Å². The molecule has 0 bridgehead atoms. The van der Waals surface area contributed by atoms with Crippen molar-refractivity contribution >= 4 is 17.0 Å². The van der Waals surface area contributed by atoms with Crippen molar-refractivity contribution in [2.45, 2.75) is 26.7 Å². The number of amides is 1. The first kappa shape index (κ1) is 11.8. The Morgan fingerprint density at radius 1 is 1.35 bits per heavy atom. The van der Waals surface area contributed by atoms with Crippen molar-refractivity contribution in [3.05, 3.63) is 24.1 Å². The maximum Gasteiger partial charge on any atom is 0.270 e. The van der Waals surface area contributed by atoms with Crippen LogP contribution in [0.25, 0.3) is 11.1 Å². The molecule has 0 spiro atoms. The van der Waals surface area contributed by atoms with Gasteiger partial charge in [-0.25, -0.2) is 0 Å². The van der Waals surface area contributed by atoms with Crippen LogP contribution in [0.1, 0.15) is 37.2 Å². The van der Waals surface area contributed by atoms with Crippen LogP contribution in [-0.4, -0.2) is 28.9 Å². The molecule has 92 valence electrons. The molecule has 2 rings (SSSR count). The van der Waals surface area contributed by atoms with Crippen LogP contribution < -0.4 is 0 Å². The Morgan fingerprint density at radius 2 is 2.06 bits per heavy atom. The number of furan rings is 1. The molecule has 4 heteroatoms. The van der Waals surface area contributed by atoms with Gasteiger partial charge >= 0.3 is 0 Å². The van der Waals surface area contributed by atoms with Gasteiger partial charge in [0.15, 0.2) is 5.58 Å². The van der Waals surface area contributed by atoms with Gasteiger partial charge in [-0.3, -0.25) is 4.79 Å². The van der Waals surface area contributed by atoms with E-state index in [1.165, 1.54) is 0 Å². The lowest BCUT2D eigenvalue weighted by Gasteiger charge is -2.20. The molecular formula is C13H18N2O2. The van der Waals surface area contributed by atoms with E-state index >= 15 is 0 Å². The van der Waals surface area contributed by atoms with E-state index in [0.717, 1.165) is 37.0 Å². The number of rotatable bonds is 5. The van der Waals surface area contributed by atoms with Crippen molar-refractivity contribution in [2.75, 3.05) is 13.1 Å². The van der Waals surface area contributed by atoms with Crippen LogP contribution in [0.15, 0.2) is 22.8 Å². The minimum atomic E-state index is 0.0556. The Balaban J connectivity index is 2.19. The predicted molar refractivity (Wildman–Crippen MR) is 67.1 cm³/mol. The van der Waals surface area contributed by atoms with E-state index in [9.17, 15) is 4.79 Å². The average molecular weight is 234 g/mol. The Bertz CT molecular complexity index is 464. The van der Waals surface area contributed by atoms with Crippen molar-refractivity contribution in [2.24, 2.45) is 0 Å². The van der Waals surface area contributed by atoms with Crippen LogP contribution in [-0.2, 0) is 0 Å². The maximum atomic E-state index is 12.2. The molecule has 2 aromatic rings. The molecule has 2 heterocycles. The number of nitrogens with zero attached hydrogens (tertiary/aromatic N) is 1. The van der Waals surface area contributed by atoms with Gasteiger partial charge in [-0.05, 0) is 12.8 Å². The third-order valence-electron chi connectivity index (χ3n) is 2.74. The molecule has 0 saturated heterocycles. The molecule has 0 aromatic carbocycles. The molecule has 2 aromatic heterocycles. The van der Waals surface area contributed by atoms with E-state index in [-0.39, 0.29) is 5.91 Å². The fraction of sp³-hybridized carbons (Fsp3) is 0.462. The number of hydrogen-bond donors (Lipinski definition) is 1. The highest BCUT2D eigenvalue weighted by Crippen LogP contribution is 2.17. The van der Waals surface area contributed by atoms with Crippen molar-refractivity contribution in [3.63, 3.8) is 0 Å². The summed E-state index contributed by atoms with van der Waals surface area (Å²) < 4.78 is 5.25. The number of H-pyrrole nitrogens is 1. The first-order valence-corrected chi connectivity index (χ1v) is 6.11. The first-order chi connectivity index (χ1) is 8.26. The average Bonchev–Trinajstić information content (AvgIpc) is 2.87. The SMILES string of the molecule is CCCN(CCC)C(=O)c1cc2occc2[nH]1. The van der Waals surface area contributed by atoms with E-state index in [1.54, 1.807) is 12.3 Å². The first-order valence-electron chi connectivity index (χ1n) is 6.11. The molecule has 1 N–H and O–H groups in total. The Kier molecular flexibility index (Phi) is 3.52. The largest absolute Gasteiger partial charge is 0.463 e. The van der Waals surface area contributed by atoms with Crippen LogP contribution in [0.5, 0.6) is 0 Å². The Hall–Kier alpha value is -1.71. The third-order valence-corrected chi connectivity index (χ3v) is 2.74. The zero-order chi connectivity index (χ0) is 12.3. The number of hydrogen-bond acceptors (Lipinski definition) is 2. The van der Waals surface area contributed by atoms with Crippen LogP contribution >= 0.6 is 0 Å². The minimum Gasteiger partial charge on any atom is -0.463 e. The molecule has 0 unspecified atom stereocenters. The molecule has 0 saturated carbocycles. The minimum absolute atomic E-state index is 0.0556. The van der Waals surface area contributed by atoms with E-state index < -0.39 is 0 Å². The maximum absolute atomic E-state index is 12.2. The Labute approximate surface area is 101 Å². The standard InChI is InChI=1S/C13H18N2O2/c1-3-6-15(7-4-2)13(16)11-9-12-10(14-11)5-8-17-12/h5,8-9,14H,3-4,6-7H2,1-2H3. The molecule has 0 aliphatic rings. The van der Waals surface area contributed by atoms with Crippen molar-refractivity contribution < 1.29 is 9.21 Å². The topological polar surface area (TPSA) is 49.2 Å². The fourth-order valence-corrected chi connectivity index (χ4v) is 1.99. The second kappa shape index (κ2) is 5.08. The summed E-state index contributed by atoms with van der Waals surface area (Å²) in [6.45, 7) is 5.76. The Morgan fingerprint density at radius 3 is 2.65 bits per heavy atom. The van der Waals surface area contributed by atoms with Gasteiger partial charge < -0.3 is 14.3 Å². The molecule has 4 nitrogen and oxygen atoms in total.